The Bertz CT molecular complexity index is 844. The number of halogens is 2. The zero-order valence-corrected chi connectivity index (χ0v) is 14.0. The van der Waals surface area contributed by atoms with Crippen LogP contribution in [-0.4, -0.2) is 38.1 Å². The largest absolute Gasteiger partial charge is 0.477 e. The third-order valence-electron chi connectivity index (χ3n) is 3.94. The molecule has 1 aliphatic heterocycles. The Hall–Kier alpha value is -3.16. The van der Waals surface area contributed by atoms with E-state index in [4.69, 9.17) is 4.74 Å². The van der Waals surface area contributed by atoms with E-state index in [1.165, 1.54) is 7.05 Å². The maximum atomic E-state index is 13.7. The monoisotopic (exact) mass is 361 g/mol. The van der Waals surface area contributed by atoms with Gasteiger partial charge >= 0.3 is 0 Å². The number of rotatable bonds is 4. The molecule has 2 amide bonds. The summed E-state index contributed by atoms with van der Waals surface area (Å²) in [5.41, 5.74) is 0.545. The van der Waals surface area contributed by atoms with Crippen LogP contribution in [0.4, 0.5) is 20.2 Å². The summed E-state index contributed by atoms with van der Waals surface area (Å²) in [5.74, 6) is -1.91. The summed E-state index contributed by atoms with van der Waals surface area (Å²) in [5, 5.41) is 4.93. The lowest BCUT2D eigenvalue weighted by atomic mass is 10.1. The second-order valence-electron chi connectivity index (χ2n) is 5.74. The fourth-order valence-electron chi connectivity index (χ4n) is 2.71. The lowest BCUT2D eigenvalue weighted by molar-refractivity contribution is -0.127. The Labute approximate surface area is 148 Å². The van der Waals surface area contributed by atoms with Crippen molar-refractivity contribution in [2.45, 2.75) is 6.10 Å². The molecular weight excluding hydrogens is 344 g/mol. The summed E-state index contributed by atoms with van der Waals surface area (Å²) >= 11 is 0. The number of ether oxygens (including phenoxy) is 1. The molecule has 0 saturated carbocycles. The van der Waals surface area contributed by atoms with Gasteiger partial charge in [-0.1, -0.05) is 12.1 Å². The molecule has 2 aromatic carbocycles. The van der Waals surface area contributed by atoms with Crippen LogP contribution in [-0.2, 0) is 9.59 Å². The van der Waals surface area contributed by atoms with Crippen molar-refractivity contribution in [2.24, 2.45) is 0 Å². The lowest BCUT2D eigenvalue weighted by Crippen LogP contribution is -2.50. The van der Waals surface area contributed by atoms with E-state index < -0.39 is 23.6 Å². The molecule has 2 N–H and O–H groups in total. The molecule has 1 aliphatic rings. The van der Waals surface area contributed by atoms with Gasteiger partial charge in [-0.25, -0.2) is 8.78 Å². The van der Waals surface area contributed by atoms with Crippen LogP contribution in [0.1, 0.15) is 0 Å². The van der Waals surface area contributed by atoms with Gasteiger partial charge in [0.05, 0.1) is 24.5 Å². The number of carbonyl (C=O) groups is 2. The molecule has 0 spiro atoms. The predicted molar refractivity (Wildman–Crippen MR) is 92.1 cm³/mol. The molecular formula is C18H17F2N3O3. The van der Waals surface area contributed by atoms with Crippen molar-refractivity contribution in [1.82, 2.24) is 5.32 Å². The van der Waals surface area contributed by atoms with Crippen molar-refractivity contribution in [3.8, 4) is 5.75 Å². The molecule has 0 aromatic heterocycles. The average molecular weight is 361 g/mol. The molecule has 0 aliphatic carbocycles. The first-order valence-corrected chi connectivity index (χ1v) is 7.95. The average Bonchev–Trinajstić information content (AvgIpc) is 2.63. The molecule has 26 heavy (non-hydrogen) atoms. The van der Waals surface area contributed by atoms with E-state index in [0.717, 1.165) is 12.1 Å². The third-order valence-corrected chi connectivity index (χ3v) is 3.94. The number of carbonyl (C=O) groups excluding carboxylic acids is 2. The van der Waals surface area contributed by atoms with Crippen molar-refractivity contribution < 1.29 is 23.1 Å². The Kier molecular flexibility index (Phi) is 5.01. The Morgan fingerprint density at radius 1 is 1.23 bits per heavy atom. The number of benzene rings is 2. The second kappa shape index (κ2) is 7.38. The van der Waals surface area contributed by atoms with Crippen molar-refractivity contribution in [2.75, 3.05) is 30.4 Å². The summed E-state index contributed by atoms with van der Waals surface area (Å²) in [4.78, 5) is 25.9. The lowest BCUT2D eigenvalue weighted by Gasteiger charge is -2.34. The van der Waals surface area contributed by atoms with Gasteiger partial charge in [-0.3, -0.25) is 9.59 Å². The van der Waals surface area contributed by atoms with Crippen molar-refractivity contribution in [3.63, 3.8) is 0 Å². The van der Waals surface area contributed by atoms with Crippen LogP contribution in [0.5, 0.6) is 5.75 Å². The van der Waals surface area contributed by atoms with Gasteiger partial charge in [0.25, 0.3) is 5.91 Å². The van der Waals surface area contributed by atoms with Crippen LogP contribution >= 0.6 is 0 Å². The van der Waals surface area contributed by atoms with Gasteiger partial charge < -0.3 is 20.3 Å². The van der Waals surface area contributed by atoms with Crippen molar-refractivity contribution in [3.05, 3.63) is 54.1 Å². The first kappa shape index (κ1) is 17.7. The van der Waals surface area contributed by atoms with Gasteiger partial charge in [-0.15, -0.1) is 0 Å². The molecule has 1 unspecified atom stereocenters. The first-order chi connectivity index (χ1) is 12.5. The molecule has 1 atom stereocenters. The van der Waals surface area contributed by atoms with Gasteiger partial charge in [-0.05, 0) is 24.3 Å². The molecule has 1 heterocycles. The number of amides is 2. The number of nitrogens with zero attached hydrogens (tertiary/aromatic N) is 1. The number of anilines is 2. The van der Waals surface area contributed by atoms with E-state index >= 15 is 0 Å². The number of hydrogen-bond acceptors (Lipinski definition) is 4. The van der Waals surface area contributed by atoms with Crippen LogP contribution in [0, 0.1) is 11.6 Å². The van der Waals surface area contributed by atoms with E-state index in [1.807, 2.05) is 0 Å². The molecule has 0 fully saturated rings. The van der Waals surface area contributed by atoms with Gasteiger partial charge in [0.2, 0.25) is 5.91 Å². The minimum Gasteiger partial charge on any atom is -0.477 e. The molecule has 6 nitrogen and oxygen atoms in total. The minimum absolute atomic E-state index is 0.110. The summed E-state index contributed by atoms with van der Waals surface area (Å²) in [6.07, 6.45) is -0.773. The smallest absolute Gasteiger partial charge is 0.262 e. The zero-order valence-electron chi connectivity index (χ0n) is 14.0. The fourth-order valence-corrected chi connectivity index (χ4v) is 2.71. The quantitative estimate of drug-likeness (QED) is 0.873. The normalized spacial score (nSPS) is 15.7. The minimum atomic E-state index is -0.857. The zero-order chi connectivity index (χ0) is 18.7. The highest BCUT2D eigenvalue weighted by atomic mass is 19.1. The van der Waals surface area contributed by atoms with Gasteiger partial charge in [0.1, 0.15) is 17.4 Å². The van der Waals surface area contributed by atoms with Crippen molar-refractivity contribution in [1.29, 1.82) is 0 Å². The molecule has 136 valence electrons. The predicted octanol–water partition coefficient (Wildman–Crippen LogP) is 1.92. The summed E-state index contributed by atoms with van der Waals surface area (Å²) < 4.78 is 32.3. The second-order valence-corrected chi connectivity index (χ2v) is 5.74. The van der Waals surface area contributed by atoms with Crippen LogP contribution < -0.4 is 20.3 Å². The Balaban J connectivity index is 1.76. The molecule has 0 radical (unpaired) electrons. The number of likely N-dealkylation sites (N-methyl/N-ethyl adjacent to an activating group) is 1. The number of fused-ring (bicyclic) bond motifs is 1. The van der Waals surface area contributed by atoms with Crippen LogP contribution in [0.15, 0.2) is 42.5 Å². The highest BCUT2D eigenvalue weighted by Gasteiger charge is 2.31. The standard InChI is InChI=1S/C18H17F2N3O3/c1-21-18(25)16-9-23(14-4-2-3-5-15(14)26-16)10-17(24)22-13-7-6-11(19)8-12(13)20/h2-8,16H,9-10H2,1H3,(H,21,25)(H,22,24). The Morgan fingerprint density at radius 3 is 2.73 bits per heavy atom. The summed E-state index contributed by atoms with van der Waals surface area (Å²) in [6, 6.07) is 9.93. The topological polar surface area (TPSA) is 70.7 Å². The van der Waals surface area contributed by atoms with Gasteiger partial charge in [0, 0.05) is 13.1 Å². The SMILES string of the molecule is CNC(=O)C1CN(CC(=O)Nc2ccc(F)cc2F)c2ccccc2O1. The van der Waals surface area contributed by atoms with Crippen molar-refractivity contribution >= 4 is 23.2 Å². The van der Waals surface area contributed by atoms with Gasteiger partial charge in [-0.2, -0.15) is 0 Å². The fraction of sp³-hybridized carbons (Fsp3) is 0.222. The van der Waals surface area contributed by atoms with E-state index in [2.05, 4.69) is 10.6 Å². The molecule has 3 rings (SSSR count). The number of hydrogen-bond donors (Lipinski definition) is 2. The Morgan fingerprint density at radius 2 is 2.00 bits per heavy atom. The van der Waals surface area contributed by atoms with E-state index in [9.17, 15) is 18.4 Å². The molecule has 0 saturated heterocycles. The maximum absolute atomic E-state index is 13.7. The molecule has 8 heteroatoms. The maximum Gasteiger partial charge on any atom is 0.262 e. The molecule has 0 bridgehead atoms. The number of nitrogens with one attached hydrogen (secondary N) is 2. The van der Waals surface area contributed by atoms with Gasteiger partial charge in [0.15, 0.2) is 6.10 Å². The first-order valence-electron chi connectivity index (χ1n) is 7.95. The summed E-state index contributed by atoms with van der Waals surface area (Å²) in [6.45, 7) is 0.0424. The number of para-hydroxylation sites is 2. The van der Waals surface area contributed by atoms with Crippen LogP contribution in [0.25, 0.3) is 0 Å². The van der Waals surface area contributed by atoms with E-state index in [-0.39, 0.29) is 24.7 Å². The highest BCUT2D eigenvalue weighted by Crippen LogP contribution is 2.33. The van der Waals surface area contributed by atoms with Crippen LogP contribution in [0.3, 0.4) is 0 Å². The molecule has 2 aromatic rings. The highest BCUT2D eigenvalue weighted by molar-refractivity contribution is 5.95. The van der Waals surface area contributed by atoms with E-state index in [0.29, 0.717) is 17.5 Å². The van der Waals surface area contributed by atoms with E-state index in [1.54, 1.807) is 29.2 Å². The third kappa shape index (κ3) is 3.74. The van der Waals surface area contributed by atoms with Crippen LogP contribution in [0.2, 0.25) is 0 Å². The summed E-state index contributed by atoms with van der Waals surface area (Å²) in [7, 11) is 1.50.